The number of rotatable bonds is 1. The van der Waals surface area contributed by atoms with Crippen molar-refractivity contribution in [3.05, 3.63) is 64.5 Å². The molecule has 4 fully saturated rings. The zero-order chi connectivity index (χ0) is 24.4. The molecule has 2 saturated heterocycles. The molecule has 6 heteroatoms. The Morgan fingerprint density at radius 1 is 1.08 bits per heavy atom. The van der Waals surface area contributed by atoms with Crippen molar-refractivity contribution in [2.75, 3.05) is 13.2 Å². The molecule has 1 aromatic carbocycles. The summed E-state index contributed by atoms with van der Waals surface area (Å²) >= 11 is 6.46. The van der Waals surface area contributed by atoms with Crippen LogP contribution in [-0.2, 0) is 19.8 Å². The number of benzene rings is 1. The smallest absolute Gasteiger partial charge is 0.171 e. The number of nitrogens with zero attached hydrogens (tertiary/aromatic N) is 1. The highest BCUT2D eigenvalue weighted by Gasteiger charge is 2.71. The highest BCUT2D eigenvalue weighted by Crippen LogP contribution is 2.71. The molecule has 5 atom stereocenters. The molecule has 36 heavy (non-hydrogen) atoms. The molecule has 1 aromatic heterocycles. The Morgan fingerprint density at radius 3 is 2.81 bits per heavy atom. The average molecular weight is 506 g/mol. The molecule has 2 saturated carbocycles. The van der Waals surface area contributed by atoms with Crippen molar-refractivity contribution in [3.63, 3.8) is 0 Å². The fraction of sp³-hybridized carbons (Fsp3) is 0.567. The van der Waals surface area contributed by atoms with E-state index in [1.807, 2.05) is 6.07 Å². The second-order valence-corrected chi connectivity index (χ2v) is 12.6. The SMILES string of the molecule is CC12CC=C3C=C4CCC5(C[C@]46CC[C@]3(O6)[C@@H]1CCC2(O)c1ccc2ccnc(Cl)c2c1)OCCO5. The van der Waals surface area contributed by atoms with Crippen LogP contribution < -0.4 is 0 Å². The average Bonchev–Trinajstić information content (AvgIpc) is 3.53. The fourth-order valence-corrected chi connectivity index (χ4v) is 9.23. The molecule has 0 amide bonds. The molecule has 0 radical (unpaired) electrons. The number of fused-ring (bicyclic) bond motifs is 2. The second-order valence-electron chi connectivity index (χ2n) is 12.2. The van der Waals surface area contributed by atoms with Gasteiger partial charge in [-0.2, -0.15) is 0 Å². The van der Waals surface area contributed by atoms with E-state index in [0.717, 1.165) is 61.3 Å². The zero-order valence-corrected chi connectivity index (χ0v) is 21.4. The molecule has 2 unspecified atom stereocenters. The van der Waals surface area contributed by atoms with Gasteiger partial charge >= 0.3 is 0 Å². The lowest BCUT2D eigenvalue weighted by atomic mass is 9.56. The molecule has 5 nitrogen and oxygen atoms in total. The van der Waals surface area contributed by atoms with Gasteiger partial charge in [-0.3, -0.25) is 0 Å². The Hall–Kier alpha value is -1.76. The van der Waals surface area contributed by atoms with Crippen molar-refractivity contribution in [1.82, 2.24) is 4.98 Å². The number of aliphatic hydroxyl groups is 1. The van der Waals surface area contributed by atoms with E-state index >= 15 is 0 Å². The maximum absolute atomic E-state index is 12.5. The van der Waals surface area contributed by atoms with Crippen LogP contribution in [0, 0.1) is 11.3 Å². The van der Waals surface area contributed by atoms with E-state index < -0.39 is 11.4 Å². The normalized spacial score (nSPS) is 42.1. The van der Waals surface area contributed by atoms with Crippen LogP contribution in [0.15, 0.2) is 53.8 Å². The second kappa shape index (κ2) is 7.00. The third-order valence-electron chi connectivity index (χ3n) is 10.8. The van der Waals surface area contributed by atoms with Gasteiger partial charge in [-0.1, -0.05) is 42.8 Å². The third kappa shape index (κ3) is 2.59. The molecule has 3 aliphatic carbocycles. The zero-order valence-electron chi connectivity index (χ0n) is 20.7. The monoisotopic (exact) mass is 505 g/mol. The van der Waals surface area contributed by atoms with Crippen LogP contribution in [0.2, 0.25) is 5.15 Å². The van der Waals surface area contributed by atoms with E-state index in [0.29, 0.717) is 24.8 Å². The van der Waals surface area contributed by atoms with Crippen molar-refractivity contribution in [3.8, 4) is 0 Å². The lowest BCUT2D eigenvalue weighted by Gasteiger charge is -2.56. The first-order chi connectivity index (χ1) is 17.3. The molecular formula is C30H32ClNO4. The quantitative estimate of drug-likeness (QED) is 0.483. The van der Waals surface area contributed by atoms with E-state index in [1.54, 1.807) is 6.20 Å². The summed E-state index contributed by atoms with van der Waals surface area (Å²) in [6, 6.07) is 8.17. The van der Waals surface area contributed by atoms with E-state index in [9.17, 15) is 5.11 Å². The Bertz CT molecular complexity index is 1360. The summed E-state index contributed by atoms with van der Waals surface area (Å²) in [5.74, 6) is -0.257. The summed E-state index contributed by atoms with van der Waals surface area (Å²) in [6.45, 7) is 3.62. The Morgan fingerprint density at radius 2 is 1.94 bits per heavy atom. The van der Waals surface area contributed by atoms with Gasteiger partial charge in [-0.25, -0.2) is 4.98 Å². The van der Waals surface area contributed by atoms with Gasteiger partial charge in [-0.15, -0.1) is 0 Å². The van der Waals surface area contributed by atoms with Crippen LogP contribution in [0.4, 0.5) is 0 Å². The van der Waals surface area contributed by atoms with Crippen molar-refractivity contribution in [2.45, 2.75) is 80.9 Å². The molecule has 3 spiro atoms. The van der Waals surface area contributed by atoms with Crippen molar-refractivity contribution < 1.29 is 19.3 Å². The number of hydrogen-bond acceptors (Lipinski definition) is 5. The summed E-state index contributed by atoms with van der Waals surface area (Å²) in [4.78, 5) is 4.28. The molecule has 188 valence electrons. The van der Waals surface area contributed by atoms with Gasteiger partial charge < -0.3 is 19.3 Å². The fourth-order valence-electron chi connectivity index (χ4n) is 9.01. The molecule has 3 aliphatic heterocycles. The van der Waals surface area contributed by atoms with Crippen LogP contribution in [0.3, 0.4) is 0 Å². The van der Waals surface area contributed by atoms with E-state index in [-0.39, 0.29) is 22.5 Å². The Balaban J connectivity index is 1.21. The summed E-state index contributed by atoms with van der Waals surface area (Å²) in [5.41, 5.74) is 1.73. The first kappa shape index (κ1) is 22.2. The molecule has 1 N–H and O–H groups in total. The van der Waals surface area contributed by atoms with Gasteiger partial charge in [0.05, 0.1) is 30.0 Å². The topological polar surface area (TPSA) is 60.8 Å². The van der Waals surface area contributed by atoms with Gasteiger partial charge in [0.15, 0.2) is 5.79 Å². The predicted molar refractivity (Wildman–Crippen MR) is 137 cm³/mol. The highest BCUT2D eigenvalue weighted by atomic mass is 35.5. The predicted octanol–water partition coefficient (Wildman–Crippen LogP) is 5.98. The van der Waals surface area contributed by atoms with Crippen LogP contribution in [0.5, 0.6) is 0 Å². The maximum Gasteiger partial charge on any atom is 0.171 e. The van der Waals surface area contributed by atoms with Crippen molar-refractivity contribution in [2.24, 2.45) is 11.3 Å². The minimum Gasteiger partial charge on any atom is -0.385 e. The minimum atomic E-state index is -0.962. The summed E-state index contributed by atoms with van der Waals surface area (Å²) in [6.07, 6.45) is 13.7. The third-order valence-corrected chi connectivity index (χ3v) is 11.1. The molecule has 2 bridgehead atoms. The van der Waals surface area contributed by atoms with Crippen molar-refractivity contribution in [1.29, 1.82) is 0 Å². The number of hydrogen-bond donors (Lipinski definition) is 1. The number of pyridine rings is 1. The Kier molecular flexibility index (Phi) is 4.33. The standard InChI is InChI=1S/C30H32ClNO4/c1-26-8-4-21-16-20-5-9-28(34-14-15-35-28)18-27(20)11-12-29(21,36-27)24(26)6-10-30(26,33)22-3-2-19-7-13-32-25(31)23(19)17-22/h2-4,7,13,16-17,24,33H,5-6,8-12,14-15,18H2,1H3/t24-,26?,27-,29-,30?/m1/s1. The summed E-state index contributed by atoms with van der Waals surface area (Å²) in [7, 11) is 0. The van der Waals surface area contributed by atoms with Gasteiger partial charge in [0.1, 0.15) is 5.15 Å². The number of ether oxygens (including phenoxy) is 3. The lowest BCUT2D eigenvalue weighted by molar-refractivity contribution is -0.230. The van der Waals surface area contributed by atoms with Gasteiger partial charge in [0.2, 0.25) is 0 Å². The van der Waals surface area contributed by atoms with Crippen LogP contribution in [0.1, 0.15) is 63.9 Å². The van der Waals surface area contributed by atoms with Crippen LogP contribution >= 0.6 is 11.6 Å². The van der Waals surface area contributed by atoms with Crippen LogP contribution in [0.25, 0.3) is 10.8 Å². The minimum absolute atomic E-state index is 0.232. The molecule has 2 aromatic rings. The van der Waals surface area contributed by atoms with E-state index in [2.05, 4.69) is 42.3 Å². The van der Waals surface area contributed by atoms with E-state index in [4.69, 9.17) is 25.8 Å². The van der Waals surface area contributed by atoms with Gasteiger partial charge in [0, 0.05) is 35.8 Å². The first-order valence-corrected chi connectivity index (χ1v) is 13.9. The van der Waals surface area contributed by atoms with Gasteiger partial charge in [0.25, 0.3) is 0 Å². The summed E-state index contributed by atoms with van der Waals surface area (Å²) in [5, 5.41) is 14.9. The number of halogens is 1. The molecule has 4 heterocycles. The molecule has 8 rings (SSSR count). The number of aromatic nitrogens is 1. The largest absolute Gasteiger partial charge is 0.385 e. The van der Waals surface area contributed by atoms with Gasteiger partial charge in [-0.05, 0) is 72.8 Å². The van der Waals surface area contributed by atoms with E-state index in [1.165, 1.54) is 11.1 Å². The Labute approximate surface area is 216 Å². The highest BCUT2D eigenvalue weighted by molar-refractivity contribution is 6.34. The lowest BCUT2D eigenvalue weighted by Crippen LogP contribution is -2.58. The van der Waals surface area contributed by atoms with Crippen molar-refractivity contribution >= 4 is 22.4 Å². The molecular weight excluding hydrogens is 474 g/mol. The number of allylic oxidation sites excluding steroid dienone is 1. The first-order valence-electron chi connectivity index (χ1n) is 13.5. The molecule has 6 aliphatic rings. The summed E-state index contributed by atoms with van der Waals surface area (Å²) < 4.78 is 19.6. The van der Waals surface area contributed by atoms with Crippen LogP contribution in [-0.4, -0.2) is 40.3 Å². The maximum atomic E-state index is 12.5.